The Labute approximate surface area is 118 Å². The summed E-state index contributed by atoms with van der Waals surface area (Å²) < 4.78 is 45.1. The van der Waals surface area contributed by atoms with Crippen LogP contribution in [0.15, 0.2) is 30.3 Å². The number of benzene rings is 2. The zero-order chi connectivity index (χ0) is 14.9. The second-order valence-electron chi connectivity index (χ2n) is 4.15. The molecule has 0 aliphatic carbocycles. The van der Waals surface area contributed by atoms with Crippen LogP contribution in [0.5, 0.6) is 5.75 Å². The highest BCUT2D eigenvalue weighted by Gasteiger charge is 2.19. The Kier molecular flexibility index (Phi) is 4.20. The summed E-state index contributed by atoms with van der Waals surface area (Å²) in [5, 5.41) is -0.0633. The SMILES string of the molecule is COc1ccc(C(N)c2cc(F)c(F)cc2Cl)c(F)c1. The summed E-state index contributed by atoms with van der Waals surface area (Å²) in [5.74, 6) is -2.46. The maximum atomic E-state index is 13.9. The minimum absolute atomic E-state index is 0.0633. The first-order chi connectivity index (χ1) is 9.43. The molecule has 1 unspecified atom stereocenters. The van der Waals surface area contributed by atoms with Crippen LogP contribution in [0.25, 0.3) is 0 Å². The molecule has 0 radical (unpaired) electrons. The molecule has 0 heterocycles. The molecule has 0 fully saturated rings. The van der Waals surface area contributed by atoms with E-state index >= 15 is 0 Å². The largest absolute Gasteiger partial charge is 0.497 e. The van der Waals surface area contributed by atoms with Gasteiger partial charge in [-0.15, -0.1) is 0 Å². The maximum Gasteiger partial charge on any atom is 0.160 e. The molecule has 2 nitrogen and oxygen atoms in total. The average molecular weight is 302 g/mol. The van der Waals surface area contributed by atoms with Crippen molar-refractivity contribution in [2.75, 3.05) is 7.11 Å². The summed E-state index contributed by atoms with van der Waals surface area (Å²) in [6.45, 7) is 0. The molecule has 0 aliphatic rings. The molecule has 0 amide bonds. The van der Waals surface area contributed by atoms with Gasteiger partial charge in [0.05, 0.1) is 13.2 Å². The predicted molar refractivity (Wildman–Crippen MR) is 70.4 cm³/mol. The van der Waals surface area contributed by atoms with Crippen molar-refractivity contribution in [1.29, 1.82) is 0 Å². The van der Waals surface area contributed by atoms with Crippen LogP contribution < -0.4 is 10.5 Å². The van der Waals surface area contributed by atoms with Crippen LogP contribution in [0, 0.1) is 17.5 Å². The smallest absolute Gasteiger partial charge is 0.160 e. The maximum absolute atomic E-state index is 13.9. The van der Waals surface area contributed by atoms with Crippen LogP contribution in [-0.2, 0) is 0 Å². The molecule has 20 heavy (non-hydrogen) atoms. The molecule has 0 saturated carbocycles. The average Bonchev–Trinajstić information content (AvgIpc) is 2.42. The van der Waals surface area contributed by atoms with E-state index in [-0.39, 0.29) is 16.1 Å². The van der Waals surface area contributed by atoms with Gasteiger partial charge in [-0.25, -0.2) is 13.2 Å². The third kappa shape index (κ3) is 2.73. The minimum Gasteiger partial charge on any atom is -0.497 e. The van der Waals surface area contributed by atoms with Gasteiger partial charge in [-0.2, -0.15) is 0 Å². The number of methoxy groups -OCH3 is 1. The number of ether oxygens (including phenoxy) is 1. The van der Waals surface area contributed by atoms with Gasteiger partial charge in [0.15, 0.2) is 11.6 Å². The van der Waals surface area contributed by atoms with E-state index in [1.165, 1.54) is 19.2 Å². The van der Waals surface area contributed by atoms with Crippen molar-refractivity contribution >= 4 is 11.6 Å². The highest BCUT2D eigenvalue weighted by atomic mass is 35.5. The summed E-state index contributed by atoms with van der Waals surface area (Å²) in [5.41, 5.74) is 6.09. The third-order valence-corrected chi connectivity index (χ3v) is 3.24. The molecule has 0 aromatic heterocycles. The molecule has 0 spiro atoms. The first kappa shape index (κ1) is 14.7. The standard InChI is InChI=1S/C14H11ClF3NO/c1-20-7-2-3-8(11(16)4-7)14(19)9-5-12(17)13(18)6-10(9)15/h2-6,14H,19H2,1H3. The highest BCUT2D eigenvalue weighted by Crippen LogP contribution is 2.31. The fourth-order valence-electron chi connectivity index (χ4n) is 1.83. The lowest BCUT2D eigenvalue weighted by molar-refractivity contribution is 0.410. The summed E-state index contributed by atoms with van der Waals surface area (Å²) in [4.78, 5) is 0. The lowest BCUT2D eigenvalue weighted by Gasteiger charge is -2.16. The number of hydrogen-bond donors (Lipinski definition) is 1. The summed E-state index contributed by atoms with van der Waals surface area (Å²) in [7, 11) is 1.40. The topological polar surface area (TPSA) is 35.2 Å². The van der Waals surface area contributed by atoms with E-state index in [9.17, 15) is 13.2 Å². The molecular formula is C14H11ClF3NO. The van der Waals surface area contributed by atoms with Crippen molar-refractivity contribution < 1.29 is 17.9 Å². The monoisotopic (exact) mass is 301 g/mol. The van der Waals surface area contributed by atoms with E-state index < -0.39 is 23.5 Å². The van der Waals surface area contributed by atoms with E-state index in [0.29, 0.717) is 5.75 Å². The van der Waals surface area contributed by atoms with E-state index in [2.05, 4.69) is 0 Å². The molecule has 0 saturated heterocycles. The molecule has 2 N–H and O–H groups in total. The van der Waals surface area contributed by atoms with Gasteiger partial charge in [0, 0.05) is 16.7 Å². The van der Waals surface area contributed by atoms with Crippen molar-refractivity contribution in [2.45, 2.75) is 6.04 Å². The van der Waals surface area contributed by atoms with Gasteiger partial charge < -0.3 is 10.5 Å². The number of nitrogens with two attached hydrogens (primary N) is 1. The minimum atomic E-state index is -1.09. The van der Waals surface area contributed by atoms with Crippen molar-refractivity contribution in [3.8, 4) is 5.75 Å². The van der Waals surface area contributed by atoms with Gasteiger partial charge in [0.25, 0.3) is 0 Å². The third-order valence-electron chi connectivity index (χ3n) is 2.92. The molecule has 2 rings (SSSR count). The lowest BCUT2D eigenvalue weighted by atomic mass is 9.98. The van der Waals surface area contributed by atoms with E-state index in [4.69, 9.17) is 22.1 Å². The molecule has 2 aromatic carbocycles. The molecule has 2 aromatic rings. The van der Waals surface area contributed by atoms with Crippen molar-refractivity contribution in [1.82, 2.24) is 0 Å². The highest BCUT2D eigenvalue weighted by molar-refractivity contribution is 6.31. The first-order valence-corrected chi connectivity index (χ1v) is 6.05. The van der Waals surface area contributed by atoms with Gasteiger partial charge in [-0.1, -0.05) is 17.7 Å². The molecule has 6 heteroatoms. The molecular weight excluding hydrogens is 291 g/mol. The number of rotatable bonds is 3. The molecule has 0 bridgehead atoms. The van der Waals surface area contributed by atoms with Crippen molar-refractivity contribution in [3.05, 3.63) is 63.9 Å². The molecule has 106 valence electrons. The van der Waals surface area contributed by atoms with E-state index in [0.717, 1.165) is 18.2 Å². The van der Waals surface area contributed by atoms with E-state index in [1.54, 1.807) is 0 Å². The summed E-state index contributed by atoms with van der Waals surface area (Å²) in [6.07, 6.45) is 0. The van der Waals surface area contributed by atoms with E-state index in [1.807, 2.05) is 0 Å². The predicted octanol–water partition coefficient (Wildman–Crippen LogP) is 3.81. The number of halogens is 4. The van der Waals surface area contributed by atoms with Gasteiger partial charge in [0.2, 0.25) is 0 Å². The summed E-state index contributed by atoms with van der Waals surface area (Å²) in [6, 6.07) is 4.76. The zero-order valence-corrected chi connectivity index (χ0v) is 11.2. The quantitative estimate of drug-likeness (QED) is 0.875. The normalized spacial score (nSPS) is 12.3. The molecule has 0 aliphatic heterocycles. The first-order valence-electron chi connectivity index (χ1n) is 5.67. The second kappa shape index (κ2) is 5.73. The Bertz CT molecular complexity index is 649. The second-order valence-corrected chi connectivity index (χ2v) is 4.56. The van der Waals surface area contributed by atoms with Crippen molar-refractivity contribution in [3.63, 3.8) is 0 Å². The fraction of sp³-hybridized carbons (Fsp3) is 0.143. The van der Waals surface area contributed by atoms with Crippen LogP contribution in [0.1, 0.15) is 17.2 Å². The van der Waals surface area contributed by atoms with Gasteiger partial charge in [0.1, 0.15) is 11.6 Å². The fourth-order valence-corrected chi connectivity index (χ4v) is 2.10. The van der Waals surface area contributed by atoms with Crippen LogP contribution in [0.2, 0.25) is 5.02 Å². The molecule has 1 atom stereocenters. The lowest BCUT2D eigenvalue weighted by Crippen LogP contribution is -2.15. The van der Waals surface area contributed by atoms with Gasteiger partial charge >= 0.3 is 0 Å². The van der Waals surface area contributed by atoms with Crippen LogP contribution in [-0.4, -0.2) is 7.11 Å². The Hall–Kier alpha value is -1.72. The van der Waals surface area contributed by atoms with Crippen LogP contribution in [0.3, 0.4) is 0 Å². The summed E-state index contributed by atoms with van der Waals surface area (Å²) >= 11 is 5.82. The Morgan fingerprint density at radius 3 is 2.25 bits per heavy atom. The number of hydrogen-bond acceptors (Lipinski definition) is 2. The van der Waals surface area contributed by atoms with Gasteiger partial charge in [-0.05, 0) is 23.8 Å². The van der Waals surface area contributed by atoms with Crippen LogP contribution in [0.4, 0.5) is 13.2 Å². The zero-order valence-electron chi connectivity index (χ0n) is 10.5. The van der Waals surface area contributed by atoms with Gasteiger partial charge in [-0.3, -0.25) is 0 Å². The van der Waals surface area contributed by atoms with Crippen molar-refractivity contribution in [2.24, 2.45) is 5.73 Å². The Morgan fingerprint density at radius 1 is 1.00 bits per heavy atom. The Balaban J connectivity index is 2.46. The van der Waals surface area contributed by atoms with Crippen LogP contribution >= 0.6 is 11.6 Å². The Morgan fingerprint density at radius 2 is 1.65 bits per heavy atom.